The molecule has 0 radical (unpaired) electrons. The molecule has 1 N–H and O–H groups in total. The van der Waals surface area contributed by atoms with Crippen LogP contribution in [0.4, 0.5) is 5.13 Å². The van der Waals surface area contributed by atoms with Gasteiger partial charge in [0, 0.05) is 30.6 Å². The Morgan fingerprint density at radius 1 is 1.26 bits per heavy atom. The summed E-state index contributed by atoms with van der Waals surface area (Å²) >= 11 is 1.51. The summed E-state index contributed by atoms with van der Waals surface area (Å²) in [6, 6.07) is 6.86. The number of thiazole rings is 1. The zero-order valence-electron chi connectivity index (χ0n) is 13.3. The second-order valence-electron chi connectivity index (χ2n) is 4.82. The van der Waals surface area contributed by atoms with Crippen molar-refractivity contribution in [3.8, 4) is 11.3 Å². The number of aromatic nitrogens is 1. The van der Waals surface area contributed by atoms with Crippen LogP contribution in [-0.2, 0) is 10.0 Å². The van der Waals surface area contributed by atoms with Crippen LogP contribution in [0.25, 0.3) is 11.3 Å². The van der Waals surface area contributed by atoms with E-state index in [2.05, 4.69) is 16.9 Å². The summed E-state index contributed by atoms with van der Waals surface area (Å²) in [7, 11) is -3.41. The van der Waals surface area contributed by atoms with E-state index in [1.165, 1.54) is 15.6 Å². The lowest BCUT2D eigenvalue weighted by Crippen LogP contribution is -2.30. The summed E-state index contributed by atoms with van der Waals surface area (Å²) in [6.45, 7) is 8.91. The van der Waals surface area contributed by atoms with E-state index >= 15 is 0 Å². The fourth-order valence-electron chi connectivity index (χ4n) is 2.16. The zero-order valence-corrected chi connectivity index (χ0v) is 15.0. The smallest absolute Gasteiger partial charge is 0.243 e. The van der Waals surface area contributed by atoms with Crippen molar-refractivity contribution >= 4 is 26.5 Å². The lowest BCUT2D eigenvalue weighted by molar-refractivity contribution is 0.445. The molecule has 0 aliphatic rings. The fourth-order valence-corrected chi connectivity index (χ4v) is 4.35. The van der Waals surface area contributed by atoms with Crippen LogP contribution < -0.4 is 5.32 Å². The van der Waals surface area contributed by atoms with Gasteiger partial charge in [-0.2, -0.15) is 4.31 Å². The predicted molar refractivity (Wildman–Crippen MR) is 96.3 cm³/mol. The number of anilines is 1. The Kier molecular flexibility index (Phi) is 5.92. The fraction of sp³-hybridized carbons (Fsp3) is 0.312. The highest BCUT2D eigenvalue weighted by Crippen LogP contribution is 2.26. The number of sulfonamides is 1. The average Bonchev–Trinajstić information content (AvgIpc) is 3.03. The zero-order chi connectivity index (χ0) is 16.9. The third-order valence-electron chi connectivity index (χ3n) is 3.40. The molecule has 0 saturated heterocycles. The number of hydrogen-bond acceptors (Lipinski definition) is 5. The highest BCUT2D eigenvalue weighted by atomic mass is 32.2. The second-order valence-corrected chi connectivity index (χ2v) is 7.62. The van der Waals surface area contributed by atoms with Crippen LogP contribution in [0.1, 0.15) is 13.8 Å². The number of hydrogen-bond donors (Lipinski definition) is 1. The van der Waals surface area contributed by atoms with Gasteiger partial charge in [0.15, 0.2) is 5.13 Å². The number of benzene rings is 1. The average molecular weight is 351 g/mol. The molecule has 5 nitrogen and oxygen atoms in total. The van der Waals surface area contributed by atoms with Gasteiger partial charge in [-0.1, -0.05) is 32.1 Å². The Balaban J connectivity index is 2.22. The number of rotatable bonds is 8. The highest BCUT2D eigenvalue weighted by molar-refractivity contribution is 7.89. The molecule has 1 aromatic heterocycles. The Hall–Kier alpha value is -1.70. The van der Waals surface area contributed by atoms with Crippen LogP contribution >= 0.6 is 11.3 Å². The van der Waals surface area contributed by atoms with Gasteiger partial charge in [0.1, 0.15) is 0 Å². The quantitative estimate of drug-likeness (QED) is 0.740. The minimum Gasteiger partial charge on any atom is -0.358 e. The van der Waals surface area contributed by atoms with Gasteiger partial charge in [0.2, 0.25) is 10.0 Å². The van der Waals surface area contributed by atoms with Crippen LogP contribution in [-0.4, -0.2) is 37.3 Å². The van der Waals surface area contributed by atoms with Crippen molar-refractivity contribution in [2.75, 3.05) is 25.0 Å². The summed E-state index contributed by atoms with van der Waals surface area (Å²) < 4.78 is 26.4. The van der Waals surface area contributed by atoms with Crippen molar-refractivity contribution in [1.29, 1.82) is 0 Å². The molecule has 124 valence electrons. The van der Waals surface area contributed by atoms with Gasteiger partial charge in [0.25, 0.3) is 0 Å². The molecule has 0 spiro atoms. The molecule has 2 rings (SSSR count). The summed E-state index contributed by atoms with van der Waals surface area (Å²) in [5, 5.41) is 5.90. The molecule has 1 heterocycles. The Morgan fingerprint density at radius 2 is 1.91 bits per heavy atom. The summed E-state index contributed by atoms with van der Waals surface area (Å²) in [4.78, 5) is 4.79. The van der Waals surface area contributed by atoms with Gasteiger partial charge in [0.05, 0.1) is 10.6 Å². The standard InChI is InChI=1S/C16H21N3O2S2/c1-4-11-17-16-18-15(12-22-16)13-7-9-14(10-8-13)23(20,21)19(5-2)6-3/h4,7-10,12H,1,5-6,11H2,2-3H3,(H,17,18). The molecule has 0 saturated carbocycles. The second kappa shape index (κ2) is 7.72. The molecule has 0 atom stereocenters. The van der Waals surface area contributed by atoms with E-state index in [9.17, 15) is 8.42 Å². The van der Waals surface area contributed by atoms with Crippen molar-refractivity contribution in [2.45, 2.75) is 18.7 Å². The van der Waals surface area contributed by atoms with E-state index in [0.717, 1.165) is 16.4 Å². The van der Waals surface area contributed by atoms with Gasteiger partial charge in [-0.3, -0.25) is 0 Å². The maximum absolute atomic E-state index is 12.5. The minimum atomic E-state index is -3.41. The van der Waals surface area contributed by atoms with E-state index in [0.29, 0.717) is 24.5 Å². The lowest BCUT2D eigenvalue weighted by atomic mass is 10.2. The molecule has 1 aromatic carbocycles. The van der Waals surface area contributed by atoms with Gasteiger partial charge >= 0.3 is 0 Å². The normalized spacial score (nSPS) is 11.6. The summed E-state index contributed by atoms with van der Waals surface area (Å²) in [5.74, 6) is 0. The van der Waals surface area contributed by atoms with E-state index in [1.807, 2.05) is 19.2 Å². The first-order valence-electron chi connectivity index (χ1n) is 7.43. The van der Waals surface area contributed by atoms with Gasteiger partial charge in [-0.25, -0.2) is 13.4 Å². The molecular formula is C16H21N3O2S2. The molecule has 2 aromatic rings. The maximum atomic E-state index is 12.5. The van der Waals surface area contributed by atoms with E-state index in [-0.39, 0.29) is 0 Å². The summed E-state index contributed by atoms with van der Waals surface area (Å²) in [5.41, 5.74) is 1.72. The van der Waals surface area contributed by atoms with Crippen LogP contribution in [0.15, 0.2) is 47.2 Å². The molecule has 0 aliphatic heterocycles. The van der Waals surface area contributed by atoms with Gasteiger partial charge in [-0.05, 0) is 12.1 Å². The first-order chi connectivity index (χ1) is 11.0. The van der Waals surface area contributed by atoms with Crippen LogP contribution in [0, 0.1) is 0 Å². The molecule has 7 heteroatoms. The Labute approximate surface area is 141 Å². The number of nitrogens with zero attached hydrogens (tertiary/aromatic N) is 2. The van der Waals surface area contributed by atoms with Crippen LogP contribution in [0.2, 0.25) is 0 Å². The highest BCUT2D eigenvalue weighted by Gasteiger charge is 2.21. The lowest BCUT2D eigenvalue weighted by Gasteiger charge is -2.18. The first kappa shape index (κ1) is 17.7. The predicted octanol–water partition coefficient (Wildman–Crippen LogP) is 3.44. The van der Waals surface area contributed by atoms with Crippen molar-refractivity contribution in [1.82, 2.24) is 9.29 Å². The first-order valence-corrected chi connectivity index (χ1v) is 9.75. The maximum Gasteiger partial charge on any atom is 0.243 e. The van der Waals surface area contributed by atoms with Crippen molar-refractivity contribution in [3.05, 3.63) is 42.3 Å². The van der Waals surface area contributed by atoms with Crippen LogP contribution in [0.3, 0.4) is 0 Å². The van der Waals surface area contributed by atoms with Crippen molar-refractivity contribution < 1.29 is 8.42 Å². The Morgan fingerprint density at radius 3 is 2.48 bits per heavy atom. The van der Waals surface area contributed by atoms with E-state index < -0.39 is 10.0 Å². The van der Waals surface area contributed by atoms with E-state index in [4.69, 9.17) is 0 Å². The number of nitrogens with one attached hydrogen (secondary N) is 1. The summed E-state index contributed by atoms with van der Waals surface area (Å²) in [6.07, 6.45) is 1.77. The third-order valence-corrected chi connectivity index (χ3v) is 6.26. The molecule has 0 aliphatic carbocycles. The topological polar surface area (TPSA) is 62.3 Å². The van der Waals surface area contributed by atoms with Gasteiger partial charge < -0.3 is 5.32 Å². The molecular weight excluding hydrogens is 330 g/mol. The van der Waals surface area contributed by atoms with Crippen molar-refractivity contribution in [2.24, 2.45) is 0 Å². The van der Waals surface area contributed by atoms with Crippen molar-refractivity contribution in [3.63, 3.8) is 0 Å². The molecule has 23 heavy (non-hydrogen) atoms. The van der Waals surface area contributed by atoms with E-state index in [1.54, 1.807) is 30.3 Å². The molecule has 0 amide bonds. The Bertz CT molecular complexity index is 748. The van der Waals surface area contributed by atoms with Crippen LogP contribution in [0.5, 0.6) is 0 Å². The van der Waals surface area contributed by atoms with Gasteiger partial charge in [-0.15, -0.1) is 17.9 Å². The monoisotopic (exact) mass is 351 g/mol. The molecule has 0 fully saturated rings. The minimum absolute atomic E-state index is 0.310. The molecule has 0 unspecified atom stereocenters. The largest absolute Gasteiger partial charge is 0.358 e. The SMILES string of the molecule is C=CCNc1nc(-c2ccc(S(=O)(=O)N(CC)CC)cc2)cs1. The molecule has 0 bridgehead atoms. The third kappa shape index (κ3) is 3.99.